The molecule has 2 aliphatic heterocycles. The Hall–Kier alpha value is -2.02. The molecule has 0 radical (unpaired) electrons. The first-order chi connectivity index (χ1) is 11.9. The van der Waals surface area contributed by atoms with E-state index in [0.717, 1.165) is 4.90 Å². The predicted octanol–water partition coefficient (Wildman–Crippen LogP) is 4.23. The second-order valence-corrected chi connectivity index (χ2v) is 7.06. The Bertz CT molecular complexity index is 854. The van der Waals surface area contributed by atoms with Crippen LogP contribution in [0.4, 0.5) is 18.9 Å². The summed E-state index contributed by atoms with van der Waals surface area (Å²) in [4.78, 5) is 15.1. The van der Waals surface area contributed by atoms with Crippen molar-refractivity contribution < 1.29 is 18.0 Å². The van der Waals surface area contributed by atoms with Crippen molar-refractivity contribution in [3.8, 4) is 0 Å². The second-order valence-electron chi connectivity index (χ2n) is 6.21. The fraction of sp³-hybridized carbons (Fsp3) is 0.278. The van der Waals surface area contributed by atoms with Gasteiger partial charge in [0.25, 0.3) is 5.91 Å². The molecule has 0 saturated carbocycles. The van der Waals surface area contributed by atoms with E-state index in [1.54, 1.807) is 48.5 Å². The van der Waals surface area contributed by atoms with Gasteiger partial charge in [0.15, 0.2) is 0 Å². The van der Waals surface area contributed by atoms with Crippen LogP contribution in [0.3, 0.4) is 0 Å². The molecule has 0 bridgehead atoms. The third-order valence-electron chi connectivity index (χ3n) is 4.97. The van der Waals surface area contributed by atoms with E-state index in [1.165, 1.54) is 4.90 Å². The number of anilines is 1. The summed E-state index contributed by atoms with van der Waals surface area (Å²) in [7, 11) is 0. The van der Waals surface area contributed by atoms with Gasteiger partial charge in [-0.15, -0.1) is 0 Å². The van der Waals surface area contributed by atoms with Crippen molar-refractivity contribution in [3.05, 3.63) is 64.1 Å². The first kappa shape index (κ1) is 16.4. The van der Waals surface area contributed by atoms with E-state index in [9.17, 15) is 18.0 Å². The Kier molecular flexibility index (Phi) is 3.61. The number of rotatable bonds is 1. The van der Waals surface area contributed by atoms with Gasteiger partial charge in [-0.05, 0) is 39.7 Å². The number of benzene rings is 2. The lowest BCUT2D eigenvalue weighted by atomic mass is 9.88. The third kappa shape index (κ3) is 2.21. The van der Waals surface area contributed by atoms with Gasteiger partial charge in [-0.3, -0.25) is 4.79 Å². The minimum Gasteiger partial charge on any atom is -0.338 e. The maximum absolute atomic E-state index is 14.4. The maximum Gasteiger partial charge on any atom is 0.431 e. The van der Waals surface area contributed by atoms with Crippen LogP contribution in [-0.2, 0) is 6.42 Å². The molecule has 1 fully saturated rings. The van der Waals surface area contributed by atoms with Gasteiger partial charge in [0, 0.05) is 29.5 Å². The highest BCUT2D eigenvalue weighted by Gasteiger charge is 2.68. The number of fused-ring (bicyclic) bond motifs is 2. The number of para-hydroxylation sites is 1. The van der Waals surface area contributed by atoms with E-state index < -0.39 is 17.7 Å². The zero-order valence-corrected chi connectivity index (χ0v) is 14.6. The van der Waals surface area contributed by atoms with Gasteiger partial charge in [0.2, 0.25) is 5.66 Å². The van der Waals surface area contributed by atoms with Gasteiger partial charge >= 0.3 is 6.18 Å². The predicted molar refractivity (Wildman–Crippen MR) is 91.5 cm³/mol. The molecule has 2 aromatic carbocycles. The van der Waals surface area contributed by atoms with Crippen LogP contribution in [0.2, 0.25) is 0 Å². The molecule has 1 unspecified atom stereocenters. The summed E-state index contributed by atoms with van der Waals surface area (Å²) in [6.07, 6.45) is -4.87. The molecule has 0 N–H and O–H groups in total. The maximum atomic E-state index is 14.4. The number of alkyl halides is 3. The molecule has 1 amide bonds. The number of halogens is 4. The lowest BCUT2D eigenvalue weighted by molar-refractivity contribution is -0.215. The number of nitrogens with zero attached hydrogens (tertiary/aromatic N) is 2. The van der Waals surface area contributed by atoms with Gasteiger partial charge in [-0.2, -0.15) is 13.2 Å². The highest BCUT2D eigenvalue weighted by Crippen LogP contribution is 2.50. The fourth-order valence-electron chi connectivity index (χ4n) is 3.87. The van der Waals surface area contributed by atoms with Gasteiger partial charge in [-0.25, -0.2) is 0 Å². The van der Waals surface area contributed by atoms with Crippen molar-refractivity contribution >= 4 is 27.5 Å². The minimum atomic E-state index is -4.60. The second kappa shape index (κ2) is 5.49. The standard InChI is InChI=1S/C18H14BrF3N2O/c19-14-7-3-4-8-15(14)23-9-10-24-16(25)13-6-2-1-5-12(13)11-17(23,24)18(20,21)22/h1-8H,9-11H2. The molecule has 4 rings (SSSR count). The summed E-state index contributed by atoms with van der Waals surface area (Å²) in [6.45, 7) is 0.163. The summed E-state index contributed by atoms with van der Waals surface area (Å²) in [5, 5.41) is 0. The fourth-order valence-corrected chi connectivity index (χ4v) is 4.37. The molecule has 1 atom stereocenters. The Labute approximate surface area is 151 Å². The summed E-state index contributed by atoms with van der Waals surface area (Å²) in [5.41, 5.74) is -1.13. The van der Waals surface area contributed by atoms with E-state index in [1.807, 2.05) is 0 Å². The van der Waals surface area contributed by atoms with Crippen molar-refractivity contribution in [1.82, 2.24) is 4.90 Å². The van der Waals surface area contributed by atoms with Crippen LogP contribution >= 0.6 is 15.9 Å². The van der Waals surface area contributed by atoms with Crippen molar-refractivity contribution in [1.29, 1.82) is 0 Å². The summed E-state index contributed by atoms with van der Waals surface area (Å²) >= 11 is 3.35. The van der Waals surface area contributed by atoms with Crippen molar-refractivity contribution in [2.24, 2.45) is 0 Å². The van der Waals surface area contributed by atoms with E-state index in [4.69, 9.17) is 0 Å². The highest BCUT2D eigenvalue weighted by molar-refractivity contribution is 9.10. The molecule has 0 aliphatic carbocycles. The SMILES string of the molecule is O=C1c2ccccc2CC2(C(F)(F)F)N1CCN2c1ccccc1Br. The number of hydrogen-bond acceptors (Lipinski definition) is 2. The zero-order valence-electron chi connectivity index (χ0n) is 13.1. The van der Waals surface area contributed by atoms with Crippen molar-refractivity contribution in [3.63, 3.8) is 0 Å². The molecule has 0 aromatic heterocycles. The Balaban J connectivity index is 1.93. The Morgan fingerprint density at radius 2 is 1.60 bits per heavy atom. The minimum absolute atomic E-state index is 0.0357. The Morgan fingerprint density at radius 1 is 0.960 bits per heavy atom. The molecule has 3 nitrogen and oxygen atoms in total. The molecular weight excluding hydrogens is 397 g/mol. The van der Waals surface area contributed by atoms with Crippen molar-refractivity contribution in [2.75, 3.05) is 18.0 Å². The molecule has 0 spiro atoms. The molecule has 130 valence electrons. The first-order valence-electron chi connectivity index (χ1n) is 7.85. The molecule has 2 aliphatic rings. The van der Waals surface area contributed by atoms with Crippen LogP contribution in [0.15, 0.2) is 53.0 Å². The van der Waals surface area contributed by atoms with Gasteiger partial charge in [0.05, 0.1) is 5.69 Å². The lowest BCUT2D eigenvalue weighted by Crippen LogP contribution is -2.68. The number of carbonyl (C=O) groups excluding carboxylic acids is 1. The Morgan fingerprint density at radius 3 is 2.32 bits per heavy atom. The third-order valence-corrected chi connectivity index (χ3v) is 5.64. The molecule has 25 heavy (non-hydrogen) atoms. The monoisotopic (exact) mass is 410 g/mol. The molecule has 7 heteroatoms. The lowest BCUT2D eigenvalue weighted by Gasteiger charge is -2.48. The molecular formula is C18H14BrF3N2O. The van der Waals surface area contributed by atoms with Crippen LogP contribution in [0, 0.1) is 0 Å². The topological polar surface area (TPSA) is 23.6 Å². The van der Waals surface area contributed by atoms with Gasteiger partial charge < -0.3 is 9.80 Å². The zero-order chi connectivity index (χ0) is 17.8. The van der Waals surface area contributed by atoms with Crippen molar-refractivity contribution in [2.45, 2.75) is 18.3 Å². The normalized spacial score (nSPS) is 22.8. The van der Waals surface area contributed by atoms with Crippen LogP contribution in [0.25, 0.3) is 0 Å². The first-order valence-corrected chi connectivity index (χ1v) is 8.64. The molecule has 2 heterocycles. The molecule has 1 saturated heterocycles. The number of carbonyl (C=O) groups is 1. The largest absolute Gasteiger partial charge is 0.431 e. The van der Waals surface area contributed by atoms with Gasteiger partial charge in [0.1, 0.15) is 0 Å². The smallest absolute Gasteiger partial charge is 0.338 e. The summed E-state index contributed by atoms with van der Waals surface area (Å²) in [6, 6.07) is 13.4. The van der Waals surface area contributed by atoms with E-state index in [0.29, 0.717) is 21.3 Å². The average molecular weight is 411 g/mol. The van der Waals surface area contributed by atoms with Crippen LogP contribution < -0.4 is 4.90 Å². The van der Waals surface area contributed by atoms with E-state index in [-0.39, 0.29) is 19.5 Å². The van der Waals surface area contributed by atoms with Gasteiger partial charge in [-0.1, -0.05) is 30.3 Å². The molecule has 2 aromatic rings. The van der Waals surface area contributed by atoms with E-state index in [2.05, 4.69) is 15.9 Å². The van der Waals surface area contributed by atoms with Crippen LogP contribution in [-0.4, -0.2) is 35.7 Å². The van der Waals surface area contributed by atoms with Crippen LogP contribution in [0.5, 0.6) is 0 Å². The average Bonchev–Trinajstić information content (AvgIpc) is 2.96. The van der Waals surface area contributed by atoms with Crippen LogP contribution in [0.1, 0.15) is 15.9 Å². The summed E-state index contributed by atoms with van der Waals surface area (Å²) < 4.78 is 43.7. The number of hydrogen-bond donors (Lipinski definition) is 0. The number of amides is 1. The quantitative estimate of drug-likeness (QED) is 0.702. The highest BCUT2D eigenvalue weighted by atomic mass is 79.9. The van der Waals surface area contributed by atoms with E-state index >= 15 is 0 Å². The summed E-state index contributed by atoms with van der Waals surface area (Å²) in [5.74, 6) is -0.561.